The minimum Gasteiger partial charge on any atom is -0.288 e. The van der Waals surface area contributed by atoms with Crippen LogP contribution in [0.25, 0.3) is 0 Å². The van der Waals surface area contributed by atoms with E-state index < -0.39 is 0 Å². The number of halogens is 1. The zero-order valence-electron chi connectivity index (χ0n) is 10.8. The SMILES string of the molecule is O=CN(/C=C1\Sc2ccccc2C1=O)c1ccccc1I. The molecule has 0 radical (unpaired) electrons. The minimum absolute atomic E-state index is 0.0339. The molecule has 5 heteroatoms. The van der Waals surface area contributed by atoms with E-state index in [2.05, 4.69) is 22.6 Å². The van der Waals surface area contributed by atoms with Gasteiger partial charge >= 0.3 is 0 Å². The molecule has 104 valence electrons. The first kappa shape index (κ1) is 14.3. The van der Waals surface area contributed by atoms with Crippen molar-refractivity contribution in [2.45, 2.75) is 4.90 Å². The van der Waals surface area contributed by atoms with Crippen molar-refractivity contribution in [1.29, 1.82) is 0 Å². The molecule has 2 aromatic rings. The predicted octanol–water partition coefficient (Wildman–Crippen LogP) is 4.08. The van der Waals surface area contributed by atoms with Crippen molar-refractivity contribution < 1.29 is 9.59 Å². The van der Waals surface area contributed by atoms with Gasteiger partial charge in [0.2, 0.25) is 12.2 Å². The second-order valence-electron chi connectivity index (χ2n) is 4.38. The van der Waals surface area contributed by atoms with E-state index in [0.29, 0.717) is 10.5 Å². The van der Waals surface area contributed by atoms with Gasteiger partial charge in [-0.25, -0.2) is 0 Å². The Labute approximate surface area is 140 Å². The van der Waals surface area contributed by atoms with Gasteiger partial charge < -0.3 is 0 Å². The summed E-state index contributed by atoms with van der Waals surface area (Å²) in [4.78, 5) is 26.7. The topological polar surface area (TPSA) is 37.4 Å². The van der Waals surface area contributed by atoms with Crippen molar-refractivity contribution in [3.63, 3.8) is 0 Å². The molecule has 1 amide bonds. The van der Waals surface area contributed by atoms with Crippen molar-refractivity contribution in [2.24, 2.45) is 0 Å². The first-order chi connectivity index (χ1) is 10.2. The molecular weight excluding hydrogens is 397 g/mol. The van der Waals surface area contributed by atoms with E-state index in [1.807, 2.05) is 48.5 Å². The lowest BCUT2D eigenvalue weighted by molar-refractivity contribution is -0.106. The number of allylic oxidation sites excluding steroid dienone is 1. The maximum absolute atomic E-state index is 12.3. The van der Waals surface area contributed by atoms with Crippen molar-refractivity contribution in [2.75, 3.05) is 4.90 Å². The Balaban J connectivity index is 1.97. The molecule has 1 aliphatic rings. The fraction of sp³-hybridized carbons (Fsp3) is 0. The van der Waals surface area contributed by atoms with Gasteiger partial charge in [0, 0.05) is 20.2 Å². The predicted molar refractivity (Wildman–Crippen MR) is 92.4 cm³/mol. The number of anilines is 1. The number of fused-ring (bicyclic) bond motifs is 1. The molecule has 0 saturated carbocycles. The van der Waals surface area contributed by atoms with Crippen molar-refractivity contribution in [1.82, 2.24) is 0 Å². The van der Waals surface area contributed by atoms with Crippen LogP contribution >= 0.6 is 34.4 Å². The summed E-state index contributed by atoms with van der Waals surface area (Å²) < 4.78 is 0.951. The summed E-state index contributed by atoms with van der Waals surface area (Å²) in [6, 6.07) is 15.0. The zero-order valence-corrected chi connectivity index (χ0v) is 13.8. The Morgan fingerprint density at radius 2 is 1.76 bits per heavy atom. The molecule has 1 heterocycles. The monoisotopic (exact) mass is 407 g/mol. The van der Waals surface area contributed by atoms with Crippen LogP contribution in [-0.4, -0.2) is 12.2 Å². The number of hydrogen-bond acceptors (Lipinski definition) is 3. The number of Topliss-reactive ketones (excluding diaryl/α,β-unsaturated/α-hetero) is 1. The summed E-state index contributed by atoms with van der Waals surface area (Å²) in [5.74, 6) is -0.0339. The van der Waals surface area contributed by atoms with E-state index in [1.165, 1.54) is 16.7 Å². The van der Waals surface area contributed by atoms with Gasteiger partial charge in [-0.2, -0.15) is 0 Å². The number of carbonyl (C=O) groups excluding carboxylic acids is 2. The van der Waals surface area contributed by atoms with Crippen molar-refractivity contribution >= 4 is 52.2 Å². The lowest BCUT2D eigenvalue weighted by Crippen LogP contribution is -2.15. The lowest BCUT2D eigenvalue weighted by atomic mass is 10.1. The van der Waals surface area contributed by atoms with Crippen LogP contribution in [0.5, 0.6) is 0 Å². The van der Waals surface area contributed by atoms with Crippen molar-refractivity contribution in [3.05, 3.63) is 68.8 Å². The zero-order chi connectivity index (χ0) is 14.8. The fourth-order valence-corrected chi connectivity index (χ4v) is 3.76. The molecule has 0 spiro atoms. The standard InChI is InChI=1S/C16H10INO2S/c17-12-6-2-3-7-13(12)18(10-19)9-15-16(20)11-5-1-4-8-14(11)21-15/h1-10H/b15-9-. The van der Waals surface area contributed by atoms with E-state index in [9.17, 15) is 9.59 Å². The second-order valence-corrected chi connectivity index (χ2v) is 6.63. The van der Waals surface area contributed by atoms with Crippen LogP contribution in [0.3, 0.4) is 0 Å². The van der Waals surface area contributed by atoms with Crippen LogP contribution in [0.2, 0.25) is 0 Å². The summed E-state index contributed by atoms with van der Waals surface area (Å²) in [6.45, 7) is 0. The van der Waals surface area contributed by atoms with E-state index in [0.717, 1.165) is 20.6 Å². The number of benzene rings is 2. The summed E-state index contributed by atoms with van der Waals surface area (Å²) in [5.41, 5.74) is 1.47. The summed E-state index contributed by atoms with van der Waals surface area (Å²) in [5, 5.41) is 0. The Kier molecular flexibility index (Phi) is 4.12. The number of rotatable bonds is 3. The Morgan fingerprint density at radius 3 is 2.48 bits per heavy atom. The smallest absolute Gasteiger partial charge is 0.218 e. The van der Waals surface area contributed by atoms with Gasteiger partial charge in [0.25, 0.3) is 0 Å². The highest BCUT2D eigenvalue weighted by Gasteiger charge is 2.26. The third-order valence-corrected chi connectivity index (χ3v) is 5.07. The highest BCUT2D eigenvalue weighted by molar-refractivity contribution is 14.1. The molecule has 1 aliphatic heterocycles. The number of ketones is 1. The van der Waals surface area contributed by atoms with Crippen LogP contribution in [0.15, 0.2) is 64.5 Å². The van der Waals surface area contributed by atoms with Gasteiger partial charge in [-0.15, -0.1) is 0 Å². The first-order valence-corrected chi connectivity index (χ1v) is 8.12. The number of amides is 1. The number of para-hydroxylation sites is 1. The third kappa shape index (κ3) is 2.75. The summed E-state index contributed by atoms with van der Waals surface area (Å²) in [7, 11) is 0. The molecule has 0 saturated heterocycles. The molecule has 0 aliphatic carbocycles. The Morgan fingerprint density at radius 1 is 1.05 bits per heavy atom. The first-order valence-electron chi connectivity index (χ1n) is 6.22. The largest absolute Gasteiger partial charge is 0.288 e. The van der Waals surface area contributed by atoms with Gasteiger partial charge in [-0.05, 0) is 46.9 Å². The van der Waals surface area contributed by atoms with Crippen LogP contribution in [0.4, 0.5) is 5.69 Å². The van der Waals surface area contributed by atoms with E-state index >= 15 is 0 Å². The normalized spacial score (nSPS) is 15.1. The summed E-state index contributed by atoms with van der Waals surface area (Å²) >= 11 is 3.57. The molecule has 2 aromatic carbocycles. The maximum atomic E-state index is 12.3. The van der Waals surface area contributed by atoms with Gasteiger partial charge in [0.15, 0.2) is 0 Å². The van der Waals surface area contributed by atoms with Crippen LogP contribution in [0.1, 0.15) is 10.4 Å². The molecule has 21 heavy (non-hydrogen) atoms. The van der Waals surface area contributed by atoms with Crippen molar-refractivity contribution in [3.8, 4) is 0 Å². The third-order valence-electron chi connectivity index (χ3n) is 3.08. The molecule has 0 aromatic heterocycles. The molecule has 3 nitrogen and oxygen atoms in total. The highest BCUT2D eigenvalue weighted by Crippen LogP contribution is 2.40. The Hall–Kier alpha value is -1.60. The van der Waals surface area contributed by atoms with E-state index in [4.69, 9.17) is 0 Å². The van der Waals surface area contributed by atoms with Crippen LogP contribution < -0.4 is 4.90 Å². The van der Waals surface area contributed by atoms with Gasteiger partial charge in [0.1, 0.15) is 0 Å². The van der Waals surface area contributed by atoms with E-state index in [1.54, 1.807) is 6.20 Å². The molecule has 0 N–H and O–H groups in total. The maximum Gasteiger partial charge on any atom is 0.218 e. The molecule has 0 unspecified atom stereocenters. The lowest BCUT2D eigenvalue weighted by Gasteiger charge is -2.14. The molecule has 0 fully saturated rings. The van der Waals surface area contributed by atoms with Gasteiger partial charge in [0.05, 0.1) is 10.6 Å². The van der Waals surface area contributed by atoms with Gasteiger partial charge in [-0.3, -0.25) is 14.5 Å². The fourth-order valence-electron chi connectivity index (χ4n) is 2.07. The summed E-state index contributed by atoms with van der Waals surface area (Å²) in [6.07, 6.45) is 2.33. The molecule has 3 rings (SSSR count). The van der Waals surface area contributed by atoms with E-state index in [-0.39, 0.29) is 5.78 Å². The number of carbonyl (C=O) groups is 2. The highest BCUT2D eigenvalue weighted by atomic mass is 127. The van der Waals surface area contributed by atoms with Crippen LogP contribution in [0, 0.1) is 3.57 Å². The number of nitrogens with zero attached hydrogens (tertiary/aromatic N) is 1. The Bertz CT molecular complexity index is 757. The quantitative estimate of drug-likeness (QED) is 0.437. The minimum atomic E-state index is -0.0339. The molecule has 0 bridgehead atoms. The van der Waals surface area contributed by atoms with Gasteiger partial charge in [-0.1, -0.05) is 36.0 Å². The molecular formula is C16H10INO2S. The number of thioether (sulfide) groups is 1. The second kappa shape index (κ2) is 6.03. The number of hydrogen-bond donors (Lipinski definition) is 0. The average molecular weight is 407 g/mol. The van der Waals surface area contributed by atoms with Crippen LogP contribution in [-0.2, 0) is 4.79 Å². The molecule has 0 atom stereocenters. The average Bonchev–Trinajstić information content (AvgIpc) is 2.82.